The molecule has 0 aliphatic rings. The van der Waals surface area contributed by atoms with Crippen molar-refractivity contribution in [3.8, 4) is 0 Å². The summed E-state index contributed by atoms with van der Waals surface area (Å²) in [5.41, 5.74) is 0. The first kappa shape index (κ1) is 9.64. The van der Waals surface area contributed by atoms with Crippen LogP contribution in [0.25, 0.3) is 0 Å². The Balaban J connectivity index is 0. The molecule has 0 heterocycles. The molecule has 4 nitrogen and oxygen atoms in total. The Kier molecular flexibility index (Phi) is 4.10. The topological polar surface area (TPSA) is 71.4 Å². The van der Waals surface area contributed by atoms with Crippen LogP contribution in [0.1, 0.15) is 0 Å². The van der Waals surface area contributed by atoms with E-state index < -0.39 is 13.0 Å². The molecule has 0 unspecified atom stereocenters. The van der Waals surface area contributed by atoms with Crippen molar-refractivity contribution in [2.75, 3.05) is 0 Å². The zero-order chi connectivity index (χ0) is 4.50. The van der Waals surface area contributed by atoms with Gasteiger partial charge in [0.15, 0.2) is 0 Å². The molecule has 6 heteroatoms. The van der Waals surface area contributed by atoms with E-state index in [0.29, 0.717) is 0 Å². The van der Waals surface area contributed by atoms with Gasteiger partial charge in [0.1, 0.15) is 0 Å². The fourth-order valence-corrected chi connectivity index (χ4v) is 0. The van der Waals surface area contributed by atoms with E-state index in [1.807, 2.05) is 0 Å². The third-order valence-electron chi connectivity index (χ3n) is 0. The molecule has 0 radical (unpaired) electrons. The first-order valence-electron chi connectivity index (χ1n) is 0.632. The molecule has 0 rings (SSSR count). The summed E-state index contributed by atoms with van der Waals surface area (Å²) in [6, 6.07) is 0. The molecule has 40 valence electrons. The van der Waals surface area contributed by atoms with Crippen LogP contribution in [0.3, 0.4) is 0 Å². The Hall–Kier alpha value is 0.399. The van der Waals surface area contributed by atoms with E-state index in [9.17, 15) is 0 Å². The van der Waals surface area contributed by atoms with Crippen LogP contribution in [0.2, 0.25) is 0 Å². The van der Waals surface area contributed by atoms with Crippen LogP contribution in [0.4, 0.5) is 0 Å². The van der Waals surface area contributed by atoms with Gasteiger partial charge in [0.05, 0.1) is 0 Å². The third-order valence-corrected chi connectivity index (χ3v) is 0. The zero-order valence-electron chi connectivity index (χ0n) is 2.55. The van der Waals surface area contributed by atoms with Crippen LogP contribution in [-0.4, -0.2) is 21.3 Å². The summed E-state index contributed by atoms with van der Waals surface area (Å²) in [4.78, 5) is 0. The van der Waals surface area contributed by atoms with Gasteiger partial charge in [0.25, 0.3) is 0 Å². The van der Waals surface area contributed by atoms with Gasteiger partial charge in [-0.15, -0.1) is 0 Å². The summed E-state index contributed by atoms with van der Waals surface area (Å²) in [6.45, 7) is 0. The van der Waals surface area contributed by atoms with E-state index in [1.54, 1.807) is 0 Å². The maximum atomic E-state index is 8.69. The van der Waals surface area contributed by atoms with Gasteiger partial charge in [-0.2, -0.15) is 0 Å². The quantitative estimate of drug-likeness (QED) is 0.467. The first-order chi connectivity index (χ1) is 2.00. The first-order valence-corrected chi connectivity index (χ1v) is 2.61. The van der Waals surface area contributed by atoms with Crippen molar-refractivity contribution in [1.82, 2.24) is 0 Å². The van der Waals surface area contributed by atoms with Crippen molar-refractivity contribution in [3.05, 3.63) is 0 Å². The third kappa shape index (κ3) is 319. The predicted molar refractivity (Wildman–Crippen MR) is 12.8 cm³/mol. The molecule has 0 saturated carbocycles. The molecule has 0 aromatic carbocycles. The molecule has 0 fully saturated rings. The van der Waals surface area contributed by atoms with Gasteiger partial charge in [-0.25, -0.2) is 0 Å². The van der Waals surface area contributed by atoms with Crippen LogP contribution in [0, 0.1) is 0 Å². The Bertz CT molecular complexity index is 129. The van der Waals surface area contributed by atoms with E-state index in [2.05, 4.69) is 0 Å². The summed E-state index contributed by atoms with van der Waals surface area (Å²) in [7, 11) is 0. The molecule has 0 bridgehead atoms. The summed E-state index contributed by atoms with van der Waals surface area (Å²) < 4.78 is 33.1. The molecule has 0 spiro atoms. The van der Waals surface area contributed by atoms with Gasteiger partial charge in [-0.1, -0.05) is 0 Å². The second-order valence-corrected chi connectivity index (χ2v) is 1.63. The molecular formula is H3MnO4Se. The predicted octanol–water partition coefficient (Wildman–Crippen LogP) is -1.83. The van der Waals surface area contributed by atoms with Gasteiger partial charge < -0.3 is 0 Å². The van der Waals surface area contributed by atoms with Crippen molar-refractivity contribution < 1.29 is 28.7 Å². The average molecular weight is 201 g/mol. The SMILES string of the molecule is [O]=[Mn](=[O])(=[O])[OH].[SeH2]. The van der Waals surface area contributed by atoms with Crippen LogP contribution in [-0.2, 0) is 24.5 Å². The van der Waals surface area contributed by atoms with Crippen molar-refractivity contribution in [2.45, 2.75) is 0 Å². The van der Waals surface area contributed by atoms with Gasteiger partial charge in [-0.05, 0) is 0 Å². The molecule has 6 heavy (non-hydrogen) atoms. The standard InChI is InChI=1S/Mn.H2O.3O.H2Se/h;1H2;;;;1H2/q+1;;;;;/p-1. The van der Waals surface area contributed by atoms with Gasteiger partial charge in [0, 0.05) is 0 Å². The second kappa shape index (κ2) is 2.55. The molecule has 0 amide bonds. The molecule has 1 N–H and O–H groups in total. The molecule has 0 aliphatic carbocycles. The van der Waals surface area contributed by atoms with Crippen LogP contribution in [0.15, 0.2) is 0 Å². The van der Waals surface area contributed by atoms with Gasteiger partial charge in [0.2, 0.25) is 0 Å². The zero-order valence-corrected chi connectivity index (χ0v) is 5.83. The van der Waals surface area contributed by atoms with Gasteiger partial charge in [-0.3, -0.25) is 0 Å². The number of hydrogen-bond acceptors (Lipinski definition) is 3. The van der Waals surface area contributed by atoms with E-state index in [-0.39, 0.29) is 17.1 Å². The number of hydrogen-bond donors (Lipinski definition) is 1. The molecular weight excluding hydrogens is 198 g/mol. The Morgan fingerprint density at radius 3 is 1.17 bits per heavy atom. The maximum absolute atomic E-state index is 8.69. The van der Waals surface area contributed by atoms with Crippen LogP contribution >= 0.6 is 0 Å². The summed E-state index contributed by atoms with van der Waals surface area (Å²) in [5, 5.41) is 0. The van der Waals surface area contributed by atoms with Gasteiger partial charge >= 0.3 is 45.7 Å². The molecule has 0 atom stereocenters. The van der Waals surface area contributed by atoms with Crippen molar-refractivity contribution in [2.24, 2.45) is 0 Å². The summed E-state index contributed by atoms with van der Waals surface area (Å²) in [6.07, 6.45) is 0. The van der Waals surface area contributed by atoms with E-state index >= 15 is 0 Å². The summed E-state index contributed by atoms with van der Waals surface area (Å²) in [5.74, 6) is 0. The van der Waals surface area contributed by atoms with E-state index in [0.717, 1.165) is 0 Å². The fourth-order valence-electron chi connectivity index (χ4n) is 0. The van der Waals surface area contributed by atoms with Crippen LogP contribution < -0.4 is 0 Å². The molecule has 0 saturated heterocycles. The van der Waals surface area contributed by atoms with E-state index in [4.69, 9.17) is 15.7 Å². The Morgan fingerprint density at radius 1 is 1.17 bits per heavy atom. The molecule has 0 aromatic rings. The monoisotopic (exact) mass is 202 g/mol. The molecule has 0 aliphatic heterocycles. The van der Waals surface area contributed by atoms with Crippen molar-refractivity contribution in [1.29, 1.82) is 0 Å². The Labute approximate surface area is 46.2 Å². The van der Waals surface area contributed by atoms with Crippen LogP contribution in [0.5, 0.6) is 0 Å². The minimum atomic E-state index is -5.38. The summed E-state index contributed by atoms with van der Waals surface area (Å²) >= 11 is -5.38. The second-order valence-electron chi connectivity index (χ2n) is 0.396. The van der Waals surface area contributed by atoms with Crippen molar-refractivity contribution in [3.63, 3.8) is 0 Å². The Morgan fingerprint density at radius 2 is 1.17 bits per heavy atom. The fraction of sp³-hybridized carbons (Fsp3) is 0. The van der Waals surface area contributed by atoms with E-state index in [1.165, 1.54) is 0 Å². The number of rotatable bonds is 0. The van der Waals surface area contributed by atoms with Crippen molar-refractivity contribution >= 4 is 17.1 Å². The average Bonchev–Trinajstić information content (AvgIpc) is 0.722. The normalized spacial score (nSPS) is 9.50. The minimum absolute atomic E-state index is 0. The molecule has 0 aromatic heterocycles.